The lowest BCUT2D eigenvalue weighted by Crippen LogP contribution is -2.25. The van der Waals surface area contributed by atoms with Crippen LogP contribution in [0, 0.1) is 6.92 Å². The van der Waals surface area contributed by atoms with Gasteiger partial charge in [0.25, 0.3) is 5.91 Å². The van der Waals surface area contributed by atoms with E-state index < -0.39 is 0 Å². The molecule has 0 unspecified atom stereocenters. The summed E-state index contributed by atoms with van der Waals surface area (Å²) >= 11 is 0. The zero-order valence-electron chi connectivity index (χ0n) is 16.1. The van der Waals surface area contributed by atoms with E-state index in [0.29, 0.717) is 25.5 Å². The van der Waals surface area contributed by atoms with Crippen LogP contribution in [0.5, 0.6) is 11.5 Å². The number of carbonyl (C=O) groups excluding carboxylic acids is 1. The molecule has 0 aliphatic carbocycles. The van der Waals surface area contributed by atoms with Gasteiger partial charge in [0.15, 0.2) is 11.5 Å². The van der Waals surface area contributed by atoms with Crippen LogP contribution in [0.25, 0.3) is 10.9 Å². The molecule has 0 aliphatic rings. The zero-order chi connectivity index (χ0) is 19.2. The van der Waals surface area contributed by atoms with E-state index >= 15 is 0 Å². The Hall–Kier alpha value is -2.95. The van der Waals surface area contributed by atoms with E-state index in [0.717, 1.165) is 39.9 Å². The Morgan fingerprint density at radius 1 is 1.00 bits per heavy atom. The van der Waals surface area contributed by atoms with Crippen molar-refractivity contribution in [1.29, 1.82) is 0 Å². The summed E-state index contributed by atoms with van der Waals surface area (Å²) in [7, 11) is 0. The van der Waals surface area contributed by atoms with Crippen LogP contribution in [0.4, 0.5) is 0 Å². The lowest BCUT2D eigenvalue weighted by molar-refractivity contribution is 0.0950. The largest absolute Gasteiger partial charge is 0.490 e. The summed E-state index contributed by atoms with van der Waals surface area (Å²) in [4.78, 5) is 15.6. The average molecular weight is 366 g/mol. The Labute approximate surface area is 159 Å². The average Bonchev–Trinajstić information content (AvgIpc) is 3.07. The first-order chi connectivity index (χ1) is 13.1. The van der Waals surface area contributed by atoms with E-state index in [1.807, 2.05) is 63.2 Å². The number of nitrogens with one attached hydrogen (secondary N) is 2. The number of H-pyrrole nitrogens is 1. The molecular weight excluding hydrogens is 340 g/mol. The second kappa shape index (κ2) is 8.62. The molecule has 1 heterocycles. The van der Waals surface area contributed by atoms with Crippen LogP contribution < -0.4 is 14.8 Å². The molecule has 3 aromatic rings. The first-order valence-electron chi connectivity index (χ1n) is 9.36. The number of amides is 1. The van der Waals surface area contributed by atoms with Crippen LogP contribution in [0.15, 0.2) is 42.5 Å². The van der Waals surface area contributed by atoms with Crippen molar-refractivity contribution in [2.24, 2.45) is 0 Å². The molecular formula is C22H26N2O3. The van der Waals surface area contributed by atoms with Crippen molar-refractivity contribution in [3.8, 4) is 11.5 Å². The number of aromatic amines is 1. The number of ether oxygens (including phenoxy) is 2. The third kappa shape index (κ3) is 4.61. The minimum atomic E-state index is -0.0974. The fourth-order valence-electron chi connectivity index (χ4n) is 3.03. The van der Waals surface area contributed by atoms with Gasteiger partial charge in [-0.25, -0.2) is 0 Å². The molecule has 0 saturated heterocycles. The summed E-state index contributed by atoms with van der Waals surface area (Å²) in [5.74, 6) is 1.40. The molecule has 27 heavy (non-hydrogen) atoms. The van der Waals surface area contributed by atoms with Gasteiger partial charge in [-0.15, -0.1) is 0 Å². The van der Waals surface area contributed by atoms with Gasteiger partial charge < -0.3 is 19.8 Å². The number of hydrogen-bond acceptors (Lipinski definition) is 3. The highest BCUT2D eigenvalue weighted by Gasteiger charge is 2.10. The summed E-state index contributed by atoms with van der Waals surface area (Å²) in [6, 6.07) is 13.9. The van der Waals surface area contributed by atoms with Crippen LogP contribution in [0.3, 0.4) is 0 Å². The maximum atomic E-state index is 12.4. The van der Waals surface area contributed by atoms with Crippen molar-refractivity contribution in [2.75, 3.05) is 19.8 Å². The Morgan fingerprint density at radius 2 is 1.78 bits per heavy atom. The highest BCUT2D eigenvalue weighted by atomic mass is 16.5. The predicted octanol–water partition coefficient (Wildman–Crippen LogP) is 4.25. The SMILES string of the molecule is CCOc1ccc(CCNC(=O)c2cc3ccc(C)cc3[nH]2)cc1OCC. The van der Waals surface area contributed by atoms with Gasteiger partial charge in [0.05, 0.1) is 13.2 Å². The number of carbonyl (C=O) groups is 1. The van der Waals surface area contributed by atoms with E-state index in [2.05, 4.69) is 10.3 Å². The molecule has 0 bridgehead atoms. The molecule has 0 spiro atoms. The van der Waals surface area contributed by atoms with Crippen molar-refractivity contribution in [1.82, 2.24) is 10.3 Å². The van der Waals surface area contributed by atoms with E-state index in [9.17, 15) is 4.79 Å². The number of benzene rings is 2. The van der Waals surface area contributed by atoms with Crippen molar-refractivity contribution in [3.63, 3.8) is 0 Å². The van der Waals surface area contributed by atoms with Gasteiger partial charge in [-0.1, -0.05) is 18.2 Å². The third-order valence-electron chi connectivity index (χ3n) is 4.33. The van der Waals surface area contributed by atoms with Crippen molar-refractivity contribution in [2.45, 2.75) is 27.2 Å². The predicted molar refractivity (Wildman–Crippen MR) is 108 cm³/mol. The van der Waals surface area contributed by atoms with Crippen LogP contribution in [-0.4, -0.2) is 30.6 Å². The molecule has 0 atom stereocenters. The van der Waals surface area contributed by atoms with Gasteiger partial charge in [-0.05, 0) is 62.6 Å². The smallest absolute Gasteiger partial charge is 0.267 e. The molecule has 2 aromatic carbocycles. The van der Waals surface area contributed by atoms with Gasteiger partial charge in [0, 0.05) is 17.4 Å². The molecule has 2 N–H and O–H groups in total. The number of fused-ring (bicyclic) bond motifs is 1. The first kappa shape index (κ1) is 18.8. The molecule has 0 fully saturated rings. The summed E-state index contributed by atoms with van der Waals surface area (Å²) in [6.07, 6.45) is 0.720. The van der Waals surface area contributed by atoms with Crippen LogP contribution in [-0.2, 0) is 6.42 Å². The summed E-state index contributed by atoms with van der Waals surface area (Å²) < 4.78 is 11.2. The van der Waals surface area contributed by atoms with Gasteiger partial charge in [-0.3, -0.25) is 4.79 Å². The first-order valence-corrected chi connectivity index (χ1v) is 9.36. The Bertz CT molecular complexity index is 930. The minimum Gasteiger partial charge on any atom is -0.490 e. The summed E-state index contributed by atoms with van der Waals surface area (Å²) in [5.41, 5.74) is 3.82. The van der Waals surface area contributed by atoms with Crippen molar-refractivity contribution < 1.29 is 14.3 Å². The lowest BCUT2D eigenvalue weighted by atomic mass is 10.1. The topological polar surface area (TPSA) is 63.3 Å². The molecule has 1 amide bonds. The van der Waals surface area contributed by atoms with E-state index in [-0.39, 0.29) is 5.91 Å². The third-order valence-corrected chi connectivity index (χ3v) is 4.33. The van der Waals surface area contributed by atoms with E-state index in [1.165, 1.54) is 0 Å². The minimum absolute atomic E-state index is 0.0974. The van der Waals surface area contributed by atoms with Gasteiger partial charge in [0.2, 0.25) is 0 Å². The fourth-order valence-corrected chi connectivity index (χ4v) is 3.03. The van der Waals surface area contributed by atoms with Crippen LogP contribution in [0.2, 0.25) is 0 Å². The van der Waals surface area contributed by atoms with E-state index in [1.54, 1.807) is 0 Å². The van der Waals surface area contributed by atoms with Crippen molar-refractivity contribution >= 4 is 16.8 Å². The van der Waals surface area contributed by atoms with Crippen molar-refractivity contribution in [3.05, 3.63) is 59.3 Å². The summed E-state index contributed by atoms with van der Waals surface area (Å²) in [5, 5.41) is 4.01. The van der Waals surface area contributed by atoms with Gasteiger partial charge in [0.1, 0.15) is 5.69 Å². The monoisotopic (exact) mass is 366 g/mol. The quantitative estimate of drug-likeness (QED) is 0.626. The molecule has 0 saturated carbocycles. The molecule has 1 aromatic heterocycles. The molecule has 0 aliphatic heterocycles. The lowest BCUT2D eigenvalue weighted by Gasteiger charge is -2.12. The number of rotatable bonds is 8. The second-order valence-corrected chi connectivity index (χ2v) is 6.43. The molecule has 142 valence electrons. The Kier molecular flexibility index (Phi) is 6.01. The normalized spacial score (nSPS) is 10.8. The zero-order valence-corrected chi connectivity index (χ0v) is 16.1. The highest BCUT2D eigenvalue weighted by molar-refractivity contribution is 5.98. The van der Waals surface area contributed by atoms with Gasteiger partial charge in [-0.2, -0.15) is 0 Å². The number of aryl methyl sites for hydroxylation is 1. The summed E-state index contributed by atoms with van der Waals surface area (Å²) in [6.45, 7) is 7.66. The number of aromatic nitrogens is 1. The number of hydrogen-bond donors (Lipinski definition) is 2. The maximum Gasteiger partial charge on any atom is 0.267 e. The molecule has 0 radical (unpaired) electrons. The second-order valence-electron chi connectivity index (χ2n) is 6.43. The highest BCUT2D eigenvalue weighted by Crippen LogP contribution is 2.28. The standard InChI is InChI=1S/C22H26N2O3/c1-4-26-20-9-7-16(13-21(20)27-5-2)10-11-23-22(25)19-14-17-8-6-15(3)12-18(17)24-19/h6-9,12-14,24H,4-5,10-11H2,1-3H3,(H,23,25). The maximum absolute atomic E-state index is 12.4. The Morgan fingerprint density at radius 3 is 2.56 bits per heavy atom. The van der Waals surface area contributed by atoms with Crippen LogP contribution in [0.1, 0.15) is 35.5 Å². The van der Waals surface area contributed by atoms with Crippen LogP contribution >= 0.6 is 0 Å². The molecule has 3 rings (SSSR count). The van der Waals surface area contributed by atoms with E-state index in [4.69, 9.17) is 9.47 Å². The Balaban J connectivity index is 1.61. The fraction of sp³-hybridized carbons (Fsp3) is 0.318. The van der Waals surface area contributed by atoms with Gasteiger partial charge >= 0.3 is 0 Å². The molecule has 5 heteroatoms. The molecule has 5 nitrogen and oxygen atoms in total.